The molecule has 0 amide bonds. The molecule has 0 radical (unpaired) electrons. The first-order chi connectivity index (χ1) is 5.04. The Labute approximate surface area is 84.4 Å². The molecule has 1 aromatic rings. The Morgan fingerprint density at radius 3 is 2.55 bits per heavy atom. The van der Waals surface area contributed by atoms with Crippen molar-refractivity contribution < 1.29 is 9.50 Å². The summed E-state index contributed by atoms with van der Waals surface area (Å²) in [4.78, 5) is 0. The van der Waals surface area contributed by atoms with Gasteiger partial charge in [0.1, 0.15) is 11.6 Å². The average Bonchev–Trinajstić information content (AvgIpc) is 1.97. The van der Waals surface area contributed by atoms with Gasteiger partial charge in [-0.1, -0.05) is 11.6 Å². The van der Waals surface area contributed by atoms with Gasteiger partial charge in [0.2, 0.25) is 0 Å². The van der Waals surface area contributed by atoms with Gasteiger partial charge in [0.15, 0.2) is 0 Å². The number of phenols is 1. The number of benzene rings is 1. The molecule has 60 valence electrons. The molecule has 1 rings (SSSR count). The molecule has 1 aromatic carbocycles. The monoisotopic (exact) mass is 302 g/mol. The van der Waals surface area contributed by atoms with E-state index in [-0.39, 0.29) is 19.7 Å². The van der Waals surface area contributed by atoms with E-state index in [1.165, 1.54) is 0 Å². The lowest BCUT2D eigenvalue weighted by Crippen LogP contribution is -1.80. The fraction of sp³-hybridized carbons (Fsp3) is 0. The van der Waals surface area contributed by atoms with Gasteiger partial charge in [0.25, 0.3) is 0 Å². The minimum absolute atomic E-state index is 0.101. The molecule has 0 aliphatic rings. The van der Waals surface area contributed by atoms with E-state index >= 15 is 0 Å². The minimum atomic E-state index is -0.580. The molecule has 0 saturated heterocycles. The van der Waals surface area contributed by atoms with E-state index in [0.29, 0.717) is 0 Å². The second kappa shape index (κ2) is 3.29. The SMILES string of the molecule is Oc1c(Br)cc(F)c(Cl)c1Br. The Kier molecular flexibility index (Phi) is 2.78. The van der Waals surface area contributed by atoms with Crippen LogP contribution in [0.1, 0.15) is 0 Å². The molecule has 0 bridgehead atoms. The number of aromatic hydroxyl groups is 1. The van der Waals surface area contributed by atoms with Crippen LogP contribution < -0.4 is 0 Å². The van der Waals surface area contributed by atoms with Crippen molar-refractivity contribution in [1.82, 2.24) is 0 Å². The van der Waals surface area contributed by atoms with Crippen molar-refractivity contribution in [1.29, 1.82) is 0 Å². The van der Waals surface area contributed by atoms with Gasteiger partial charge < -0.3 is 5.11 Å². The molecule has 5 heteroatoms. The molecular formula is C6H2Br2ClFO. The number of hydrogen-bond donors (Lipinski definition) is 1. The van der Waals surface area contributed by atoms with Crippen LogP contribution in [0.25, 0.3) is 0 Å². The van der Waals surface area contributed by atoms with Gasteiger partial charge in [-0.2, -0.15) is 0 Å². The summed E-state index contributed by atoms with van der Waals surface area (Å²) in [6.07, 6.45) is 0. The third kappa shape index (κ3) is 1.68. The van der Waals surface area contributed by atoms with E-state index in [4.69, 9.17) is 16.7 Å². The van der Waals surface area contributed by atoms with E-state index in [1.54, 1.807) is 0 Å². The summed E-state index contributed by atoms with van der Waals surface area (Å²) in [5.41, 5.74) is 0. The second-order valence-electron chi connectivity index (χ2n) is 1.82. The predicted molar refractivity (Wildman–Crippen MR) is 48.5 cm³/mol. The maximum absolute atomic E-state index is 12.7. The van der Waals surface area contributed by atoms with Crippen molar-refractivity contribution in [3.05, 3.63) is 25.9 Å². The van der Waals surface area contributed by atoms with Gasteiger partial charge in [-0.25, -0.2) is 4.39 Å². The van der Waals surface area contributed by atoms with E-state index in [9.17, 15) is 4.39 Å². The van der Waals surface area contributed by atoms with Crippen LogP contribution in [-0.4, -0.2) is 5.11 Å². The molecule has 0 saturated carbocycles. The van der Waals surface area contributed by atoms with Crippen LogP contribution in [-0.2, 0) is 0 Å². The largest absolute Gasteiger partial charge is 0.506 e. The molecular weight excluding hydrogens is 302 g/mol. The van der Waals surface area contributed by atoms with Crippen molar-refractivity contribution in [2.24, 2.45) is 0 Å². The third-order valence-corrected chi connectivity index (χ3v) is 3.06. The highest BCUT2D eigenvalue weighted by molar-refractivity contribution is 9.11. The Hall–Kier alpha value is 0.200. The molecule has 0 spiro atoms. The first-order valence-corrected chi connectivity index (χ1v) is 4.52. The minimum Gasteiger partial charge on any atom is -0.506 e. The van der Waals surface area contributed by atoms with Crippen molar-refractivity contribution >= 4 is 43.5 Å². The molecule has 0 fully saturated rings. The molecule has 0 atom stereocenters. The van der Waals surface area contributed by atoms with Crippen LogP contribution in [0, 0.1) is 5.82 Å². The average molecular weight is 304 g/mol. The summed E-state index contributed by atoms with van der Waals surface area (Å²) in [5, 5.41) is 9.05. The van der Waals surface area contributed by atoms with Gasteiger partial charge in [0, 0.05) is 0 Å². The molecule has 0 unspecified atom stereocenters. The predicted octanol–water partition coefficient (Wildman–Crippen LogP) is 3.71. The molecule has 0 aliphatic carbocycles. The van der Waals surface area contributed by atoms with Crippen LogP contribution >= 0.6 is 43.5 Å². The Bertz CT molecular complexity index is 277. The van der Waals surface area contributed by atoms with Gasteiger partial charge >= 0.3 is 0 Å². The summed E-state index contributed by atoms with van der Waals surface area (Å²) in [7, 11) is 0. The third-order valence-electron chi connectivity index (χ3n) is 1.09. The van der Waals surface area contributed by atoms with Crippen molar-refractivity contribution in [2.45, 2.75) is 0 Å². The van der Waals surface area contributed by atoms with Crippen molar-refractivity contribution in [2.75, 3.05) is 0 Å². The number of halogens is 4. The highest BCUT2D eigenvalue weighted by atomic mass is 79.9. The van der Waals surface area contributed by atoms with Gasteiger partial charge in [-0.3, -0.25) is 0 Å². The molecule has 0 aromatic heterocycles. The fourth-order valence-electron chi connectivity index (χ4n) is 0.557. The lowest BCUT2D eigenvalue weighted by Gasteiger charge is -2.02. The smallest absolute Gasteiger partial charge is 0.145 e. The highest BCUT2D eigenvalue weighted by Crippen LogP contribution is 2.38. The van der Waals surface area contributed by atoms with Gasteiger partial charge in [-0.15, -0.1) is 0 Å². The topological polar surface area (TPSA) is 20.2 Å². The van der Waals surface area contributed by atoms with Crippen molar-refractivity contribution in [3.63, 3.8) is 0 Å². The summed E-state index contributed by atoms with van der Waals surface area (Å²) in [6, 6.07) is 1.10. The van der Waals surface area contributed by atoms with Crippen LogP contribution in [0.4, 0.5) is 4.39 Å². The van der Waals surface area contributed by atoms with Crippen LogP contribution in [0.15, 0.2) is 15.0 Å². The summed E-state index contributed by atoms with van der Waals surface area (Å²) in [6.45, 7) is 0. The summed E-state index contributed by atoms with van der Waals surface area (Å²) < 4.78 is 13.1. The van der Waals surface area contributed by atoms with E-state index in [0.717, 1.165) is 6.07 Å². The Balaban J connectivity index is 3.46. The maximum atomic E-state index is 12.7. The highest BCUT2D eigenvalue weighted by Gasteiger charge is 2.12. The summed E-state index contributed by atoms with van der Waals surface area (Å²) in [5.74, 6) is -0.681. The van der Waals surface area contributed by atoms with E-state index in [1.807, 2.05) is 0 Å². The van der Waals surface area contributed by atoms with Crippen LogP contribution in [0.5, 0.6) is 5.75 Å². The number of hydrogen-bond acceptors (Lipinski definition) is 1. The zero-order chi connectivity index (χ0) is 8.59. The number of rotatable bonds is 0. The standard InChI is InChI=1S/C6H2Br2ClFO/c7-2-1-3(10)5(9)4(8)6(2)11/h1,11H. The number of phenolic OH excluding ortho intramolecular Hbond substituents is 1. The molecule has 0 aliphatic heterocycles. The van der Waals surface area contributed by atoms with Crippen LogP contribution in [0.2, 0.25) is 5.02 Å². The zero-order valence-electron chi connectivity index (χ0n) is 5.04. The van der Waals surface area contributed by atoms with Crippen LogP contribution in [0.3, 0.4) is 0 Å². The second-order valence-corrected chi connectivity index (χ2v) is 3.84. The Morgan fingerprint density at radius 1 is 1.45 bits per heavy atom. The van der Waals surface area contributed by atoms with E-state index in [2.05, 4.69) is 31.9 Å². The maximum Gasteiger partial charge on any atom is 0.145 e. The quantitative estimate of drug-likeness (QED) is 0.572. The first kappa shape index (κ1) is 9.29. The summed E-state index contributed by atoms with van der Waals surface area (Å²) >= 11 is 11.3. The lowest BCUT2D eigenvalue weighted by molar-refractivity contribution is 0.466. The Morgan fingerprint density at radius 2 is 2.00 bits per heavy atom. The first-order valence-electron chi connectivity index (χ1n) is 2.56. The molecule has 1 nitrogen and oxygen atoms in total. The van der Waals surface area contributed by atoms with E-state index < -0.39 is 5.82 Å². The molecule has 1 N–H and O–H groups in total. The van der Waals surface area contributed by atoms with Gasteiger partial charge in [-0.05, 0) is 37.9 Å². The lowest BCUT2D eigenvalue weighted by atomic mass is 10.3. The normalized spacial score (nSPS) is 10.2. The molecule has 11 heavy (non-hydrogen) atoms. The van der Waals surface area contributed by atoms with Crippen molar-refractivity contribution in [3.8, 4) is 5.75 Å². The fourth-order valence-corrected chi connectivity index (χ4v) is 1.77. The molecule has 0 heterocycles. The van der Waals surface area contributed by atoms with Gasteiger partial charge in [0.05, 0.1) is 14.0 Å². The zero-order valence-corrected chi connectivity index (χ0v) is 8.96.